The molecule has 5 aromatic rings. The number of aromatic nitrogens is 5. The molecule has 1 atom stereocenters. The summed E-state index contributed by atoms with van der Waals surface area (Å²) in [7, 11) is 1.61. The second kappa shape index (κ2) is 12.1. The maximum Gasteiger partial charge on any atom is 0.227 e. The number of piperazine rings is 1. The number of ether oxygens (including phenoxy) is 1. The molecule has 0 radical (unpaired) electrons. The highest BCUT2D eigenvalue weighted by Gasteiger charge is 2.34. The topological polar surface area (TPSA) is 120 Å². The van der Waals surface area contributed by atoms with Gasteiger partial charge in [0.1, 0.15) is 23.3 Å². The predicted octanol–water partition coefficient (Wildman–Crippen LogP) is 4.70. The number of nitrogens with zero attached hydrogens (tertiary/aromatic N) is 5. The van der Waals surface area contributed by atoms with Gasteiger partial charge in [-0.2, -0.15) is 0 Å². The summed E-state index contributed by atoms with van der Waals surface area (Å²) in [5.41, 5.74) is 4.14. The lowest BCUT2D eigenvalue weighted by Gasteiger charge is -2.40. The normalized spacial score (nSPS) is 15.9. The number of pyridine rings is 2. The van der Waals surface area contributed by atoms with Gasteiger partial charge in [0.15, 0.2) is 0 Å². The minimum Gasteiger partial charge on any atom is -0.480 e. The van der Waals surface area contributed by atoms with E-state index in [1.54, 1.807) is 19.5 Å². The fraction of sp³-hybridized carbons (Fsp3) is 0.344. The monoisotopic (exact) mass is 565 g/mol. The van der Waals surface area contributed by atoms with Crippen LogP contribution in [0.15, 0.2) is 61.1 Å². The number of amides is 1. The Balaban J connectivity index is 1.28. The first-order valence-electron chi connectivity index (χ1n) is 14.5. The lowest BCUT2D eigenvalue weighted by molar-refractivity contribution is -0.135. The number of carbonyl (C=O) groups excluding carboxylic acids is 2. The Morgan fingerprint density at radius 2 is 2.00 bits per heavy atom. The van der Waals surface area contributed by atoms with Gasteiger partial charge in [-0.3, -0.25) is 14.5 Å². The number of ketones is 1. The second-order valence-corrected chi connectivity index (χ2v) is 10.7. The van der Waals surface area contributed by atoms with Crippen LogP contribution in [0, 0.1) is 0 Å². The van der Waals surface area contributed by atoms with E-state index < -0.39 is 0 Å². The Bertz CT molecular complexity index is 1730. The number of H-pyrrole nitrogens is 2. The molecular formula is C32H35N7O3. The van der Waals surface area contributed by atoms with Crippen LogP contribution in [-0.2, 0) is 16.0 Å². The molecule has 0 aliphatic carbocycles. The third kappa shape index (κ3) is 5.62. The number of benzene rings is 1. The van der Waals surface area contributed by atoms with Gasteiger partial charge in [-0.1, -0.05) is 25.1 Å². The van der Waals surface area contributed by atoms with Crippen LogP contribution < -0.4 is 4.74 Å². The van der Waals surface area contributed by atoms with Gasteiger partial charge in [0, 0.05) is 55.6 Å². The number of aromatic amines is 2. The van der Waals surface area contributed by atoms with Gasteiger partial charge >= 0.3 is 0 Å². The van der Waals surface area contributed by atoms with Gasteiger partial charge < -0.3 is 19.6 Å². The van der Waals surface area contributed by atoms with Gasteiger partial charge in [-0.15, -0.1) is 0 Å². The molecule has 0 spiro atoms. The average Bonchev–Trinajstić information content (AvgIpc) is 3.68. The van der Waals surface area contributed by atoms with Crippen molar-refractivity contribution in [3.8, 4) is 17.1 Å². The van der Waals surface area contributed by atoms with E-state index in [0.717, 1.165) is 58.3 Å². The van der Waals surface area contributed by atoms with Gasteiger partial charge in [0.05, 0.1) is 36.5 Å². The Morgan fingerprint density at radius 3 is 2.86 bits per heavy atom. The zero-order valence-electron chi connectivity index (χ0n) is 24.0. The third-order valence-electron chi connectivity index (χ3n) is 8.07. The van der Waals surface area contributed by atoms with Crippen LogP contribution >= 0.6 is 0 Å². The number of rotatable bonds is 10. The molecule has 0 bridgehead atoms. The van der Waals surface area contributed by atoms with Crippen molar-refractivity contribution >= 4 is 33.6 Å². The molecule has 6 rings (SSSR count). The molecule has 4 aromatic heterocycles. The molecule has 1 aliphatic heterocycles. The molecule has 5 heterocycles. The highest BCUT2D eigenvalue weighted by molar-refractivity contribution is 5.88. The molecule has 216 valence electrons. The van der Waals surface area contributed by atoms with Crippen molar-refractivity contribution in [1.29, 1.82) is 0 Å². The van der Waals surface area contributed by atoms with Crippen molar-refractivity contribution in [1.82, 2.24) is 34.7 Å². The van der Waals surface area contributed by atoms with Gasteiger partial charge in [0.2, 0.25) is 11.8 Å². The SMILES string of the molecule is CCC(=O)CCCN1CCN(C(=O)Cc2c[nH]c3ncccc23)C(c2ncc(-c3cc4ccccc4nc3OC)[nH]2)C1. The van der Waals surface area contributed by atoms with Crippen molar-refractivity contribution < 1.29 is 14.3 Å². The highest BCUT2D eigenvalue weighted by Crippen LogP contribution is 2.33. The number of Topliss-reactive ketones (excluding diaryl/α,β-unsaturated/α-hetero) is 1. The summed E-state index contributed by atoms with van der Waals surface area (Å²) in [6.07, 6.45) is 7.61. The largest absolute Gasteiger partial charge is 0.480 e. The molecule has 2 N–H and O–H groups in total. The quantitative estimate of drug-likeness (QED) is 0.252. The Labute approximate surface area is 244 Å². The fourth-order valence-electron chi connectivity index (χ4n) is 5.76. The smallest absolute Gasteiger partial charge is 0.227 e. The molecule has 42 heavy (non-hydrogen) atoms. The number of hydrogen-bond acceptors (Lipinski definition) is 7. The number of para-hydroxylation sites is 1. The first-order chi connectivity index (χ1) is 20.5. The van der Waals surface area contributed by atoms with Crippen LogP contribution in [0.1, 0.15) is 43.6 Å². The first kappa shape index (κ1) is 27.6. The maximum absolute atomic E-state index is 13.8. The van der Waals surface area contributed by atoms with E-state index in [1.807, 2.05) is 60.5 Å². The van der Waals surface area contributed by atoms with Crippen LogP contribution in [0.3, 0.4) is 0 Å². The van der Waals surface area contributed by atoms with E-state index >= 15 is 0 Å². The standard InChI is InChI=1S/C32H35N7O3/c1-3-23(40)9-7-13-38-14-15-39(29(41)17-22-18-34-30-24(22)10-6-12-33-30)28(20-38)31-35-19-27(36-31)25-16-21-8-4-5-11-26(21)37-32(25)42-2/h4-6,8,10-12,16,18-19,28H,3,7,9,13-15,17,20H2,1-2H3,(H,33,34)(H,35,36). The summed E-state index contributed by atoms with van der Waals surface area (Å²) >= 11 is 0. The summed E-state index contributed by atoms with van der Waals surface area (Å²) < 4.78 is 5.64. The number of hydrogen-bond donors (Lipinski definition) is 2. The number of fused-ring (bicyclic) bond motifs is 2. The summed E-state index contributed by atoms with van der Waals surface area (Å²) in [4.78, 5) is 50.5. The summed E-state index contributed by atoms with van der Waals surface area (Å²) in [5, 5.41) is 1.96. The van der Waals surface area contributed by atoms with Gasteiger partial charge in [-0.05, 0) is 42.8 Å². The van der Waals surface area contributed by atoms with E-state index in [0.29, 0.717) is 37.6 Å². The highest BCUT2D eigenvalue weighted by atomic mass is 16.5. The molecule has 1 saturated heterocycles. The predicted molar refractivity (Wildman–Crippen MR) is 161 cm³/mol. The molecule has 10 nitrogen and oxygen atoms in total. The zero-order chi connectivity index (χ0) is 29.1. The van der Waals surface area contributed by atoms with E-state index in [1.165, 1.54) is 0 Å². The minimum atomic E-state index is -0.274. The van der Waals surface area contributed by atoms with E-state index in [4.69, 9.17) is 14.7 Å². The third-order valence-corrected chi connectivity index (χ3v) is 8.07. The maximum atomic E-state index is 13.8. The second-order valence-electron chi connectivity index (χ2n) is 10.7. The van der Waals surface area contributed by atoms with Gasteiger partial charge in [0.25, 0.3) is 0 Å². The Kier molecular flexibility index (Phi) is 7.96. The van der Waals surface area contributed by atoms with Crippen molar-refractivity contribution in [3.63, 3.8) is 0 Å². The van der Waals surface area contributed by atoms with E-state index in [2.05, 4.69) is 19.9 Å². The number of carbonyl (C=O) groups is 2. The molecule has 10 heteroatoms. The fourth-order valence-corrected chi connectivity index (χ4v) is 5.76. The molecule has 1 amide bonds. The Morgan fingerprint density at radius 1 is 1.12 bits per heavy atom. The molecule has 1 unspecified atom stereocenters. The summed E-state index contributed by atoms with van der Waals surface area (Å²) in [6.45, 7) is 4.65. The van der Waals surface area contributed by atoms with E-state index in [9.17, 15) is 9.59 Å². The van der Waals surface area contributed by atoms with Crippen LogP contribution in [-0.4, -0.2) is 79.7 Å². The van der Waals surface area contributed by atoms with Crippen molar-refractivity contribution in [3.05, 3.63) is 72.4 Å². The van der Waals surface area contributed by atoms with Crippen molar-refractivity contribution in [2.45, 2.75) is 38.6 Å². The lowest BCUT2D eigenvalue weighted by atomic mass is 10.1. The number of nitrogens with one attached hydrogen (secondary N) is 2. The van der Waals surface area contributed by atoms with Crippen LogP contribution in [0.2, 0.25) is 0 Å². The van der Waals surface area contributed by atoms with Crippen LogP contribution in [0.25, 0.3) is 33.2 Å². The first-order valence-corrected chi connectivity index (χ1v) is 14.5. The molecule has 1 aromatic carbocycles. The van der Waals surface area contributed by atoms with Gasteiger partial charge in [-0.25, -0.2) is 15.0 Å². The van der Waals surface area contributed by atoms with Crippen molar-refractivity contribution in [2.75, 3.05) is 33.3 Å². The summed E-state index contributed by atoms with van der Waals surface area (Å²) in [5.74, 6) is 1.54. The Hall–Kier alpha value is -4.57. The van der Waals surface area contributed by atoms with Crippen LogP contribution in [0.5, 0.6) is 5.88 Å². The molecular weight excluding hydrogens is 530 g/mol. The minimum absolute atomic E-state index is 0.0356. The van der Waals surface area contributed by atoms with Crippen molar-refractivity contribution in [2.24, 2.45) is 0 Å². The lowest BCUT2D eigenvalue weighted by Crippen LogP contribution is -2.51. The number of methoxy groups -OCH3 is 1. The van der Waals surface area contributed by atoms with E-state index in [-0.39, 0.29) is 24.2 Å². The van der Waals surface area contributed by atoms with Crippen LogP contribution in [0.4, 0.5) is 0 Å². The number of imidazole rings is 1. The average molecular weight is 566 g/mol. The zero-order valence-corrected chi connectivity index (χ0v) is 24.0. The molecule has 1 fully saturated rings. The molecule has 1 aliphatic rings. The summed E-state index contributed by atoms with van der Waals surface area (Å²) in [6, 6.07) is 13.6. The molecule has 0 saturated carbocycles.